The van der Waals surface area contributed by atoms with Crippen LogP contribution in [0.25, 0.3) is 0 Å². The van der Waals surface area contributed by atoms with Crippen LogP contribution in [0.3, 0.4) is 0 Å². The van der Waals surface area contributed by atoms with E-state index < -0.39 is 17.9 Å². The third kappa shape index (κ3) is 6.01. The summed E-state index contributed by atoms with van der Waals surface area (Å²) in [5, 5.41) is 13.2. The van der Waals surface area contributed by atoms with E-state index >= 15 is 0 Å². The van der Waals surface area contributed by atoms with Gasteiger partial charge in [-0.2, -0.15) is 0 Å². The number of carbonyl (C=O) groups is 3. The van der Waals surface area contributed by atoms with Crippen molar-refractivity contribution >= 4 is 29.1 Å². The fraction of sp³-hybridized carbons (Fsp3) is 0.417. The molecular formula is C12H16N2O4S. The zero-order chi connectivity index (χ0) is 14.3. The SMILES string of the molecule is NC(=O)CC[C@@H](NC(=O)CCc1cccs1)C(=O)O. The van der Waals surface area contributed by atoms with Gasteiger partial charge >= 0.3 is 5.97 Å². The van der Waals surface area contributed by atoms with E-state index in [1.807, 2.05) is 17.5 Å². The molecule has 19 heavy (non-hydrogen) atoms. The topological polar surface area (TPSA) is 109 Å². The number of nitrogens with two attached hydrogens (primary N) is 1. The van der Waals surface area contributed by atoms with E-state index in [-0.39, 0.29) is 25.2 Å². The summed E-state index contributed by atoms with van der Waals surface area (Å²) < 4.78 is 0. The zero-order valence-corrected chi connectivity index (χ0v) is 11.1. The van der Waals surface area contributed by atoms with Crippen LogP contribution < -0.4 is 11.1 Å². The minimum absolute atomic E-state index is 0.00933. The molecule has 0 aliphatic heterocycles. The number of aliphatic carboxylic acids is 1. The van der Waals surface area contributed by atoms with Crippen LogP contribution in [-0.4, -0.2) is 28.9 Å². The number of amides is 2. The normalized spacial score (nSPS) is 11.8. The van der Waals surface area contributed by atoms with Gasteiger partial charge < -0.3 is 16.2 Å². The van der Waals surface area contributed by atoms with E-state index in [9.17, 15) is 14.4 Å². The number of primary amides is 1. The lowest BCUT2D eigenvalue weighted by molar-refractivity contribution is -0.142. The van der Waals surface area contributed by atoms with Crippen molar-refractivity contribution in [1.82, 2.24) is 5.32 Å². The van der Waals surface area contributed by atoms with Gasteiger partial charge in [-0.25, -0.2) is 4.79 Å². The van der Waals surface area contributed by atoms with Gasteiger partial charge in [0.1, 0.15) is 6.04 Å². The molecule has 1 heterocycles. The molecule has 0 bridgehead atoms. The summed E-state index contributed by atoms with van der Waals surface area (Å²) in [5.41, 5.74) is 4.95. The predicted molar refractivity (Wildman–Crippen MR) is 70.6 cm³/mol. The Morgan fingerprint density at radius 3 is 2.63 bits per heavy atom. The highest BCUT2D eigenvalue weighted by Gasteiger charge is 2.20. The molecule has 1 aromatic heterocycles. The van der Waals surface area contributed by atoms with Crippen LogP contribution in [0.15, 0.2) is 17.5 Å². The molecule has 0 saturated carbocycles. The van der Waals surface area contributed by atoms with Gasteiger partial charge in [0.05, 0.1) is 0 Å². The largest absolute Gasteiger partial charge is 0.480 e. The van der Waals surface area contributed by atoms with Crippen molar-refractivity contribution in [2.75, 3.05) is 0 Å². The molecule has 0 radical (unpaired) electrons. The Morgan fingerprint density at radius 2 is 2.11 bits per heavy atom. The number of hydrogen-bond acceptors (Lipinski definition) is 4. The monoisotopic (exact) mass is 284 g/mol. The van der Waals surface area contributed by atoms with E-state index in [1.54, 1.807) is 11.3 Å². The highest BCUT2D eigenvalue weighted by atomic mass is 32.1. The molecule has 0 fully saturated rings. The molecule has 6 nitrogen and oxygen atoms in total. The van der Waals surface area contributed by atoms with Crippen LogP contribution in [0.4, 0.5) is 0 Å². The second kappa shape index (κ2) is 7.52. The lowest BCUT2D eigenvalue weighted by atomic mass is 10.1. The highest BCUT2D eigenvalue weighted by molar-refractivity contribution is 7.09. The molecule has 1 atom stereocenters. The smallest absolute Gasteiger partial charge is 0.326 e. The van der Waals surface area contributed by atoms with E-state index in [2.05, 4.69) is 5.32 Å². The van der Waals surface area contributed by atoms with Gasteiger partial charge in [-0.1, -0.05) is 6.07 Å². The van der Waals surface area contributed by atoms with Crippen molar-refractivity contribution in [1.29, 1.82) is 0 Å². The average molecular weight is 284 g/mol. The fourth-order valence-electron chi connectivity index (χ4n) is 1.50. The van der Waals surface area contributed by atoms with E-state index in [4.69, 9.17) is 10.8 Å². The summed E-state index contributed by atoms with van der Waals surface area (Å²) in [6.07, 6.45) is 0.740. The summed E-state index contributed by atoms with van der Waals surface area (Å²) in [7, 11) is 0. The summed E-state index contributed by atoms with van der Waals surface area (Å²) >= 11 is 1.55. The molecule has 104 valence electrons. The maximum absolute atomic E-state index is 11.6. The van der Waals surface area contributed by atoms with Crippen molar-refractivity contribution in [3.8, 4) is 0 Å². The number of carboxylic acids is 1. The quantitative estimate of drug-likeness (QED) is 0.646. The average Bonchev–Trinajstić information content (AvgIpc) is 2.84. The molecule has 1 aromatic rings. The minimum Gasteiger partial charge on any atom is -0.480 e. The molecule has 4 N–H and O–H groups in total. The Balaban J connectivity index is 2.38. The standard InChI is InChI=1S/C12H16N2O4S/c13-10(15)5-4-9(12(17)18)14-11(16)6-3-8-2-1-7-19-8/h1-2,7,9H,3-6H2,(H2,13,15)(H,14,16)(H,17,18)/t9-/m1/s1. The first-order valence-electron chi connectivity index (χ1n) is 5.82. The number of aryl methyl sites for hydroxylation is 1. The van der Waals surface area contributed by atoms with E-state index in [0.29, 0.717) is 6.42 Å². The van der Waals surface area contributed by atoms with Crippen LogP contribution in [0.5, 0.6) is 0 Å². The first kappa shape index (κ1) is 15.2. The minimum atomic E-state index is -1.16. The molecule has 1 rings (SSSR count). The van der Waals surface area contributed by atoms with Gasteiger partial charge in [-0.15, -0.1) is 11.3 Å². The van der Waals surface area contributed by atoms with Crippen LogP contribution in [0.1, 0.15) is 24.1 Å². The molecule has 7 heteroatoms. The Morgan fingerprint density at radius 1 is 1.37 bits per heavy atom. The molecule has 0 aromatic carbocycles. The Labute approximate surface area is 114 Å². The zero-order valence-electron chi connectivity index (χ0n) is 10.3. The third-order valence-electron chi connectivity index (χ3n) is 2.49. The van der Waals surface area contributed by atoms with Gasteiger partial charge in [0, 0.05) is 17.7 Å². The van der Waals surface area contributed by atoms with Gasteiger partial charge in [0.2, 0.25) is 11.8 Å². The molecule has 0 spiro atoms. The van der Waals surface area contributed by atoms with Crippen molar-refractivity contribution in [3.63, 3.8) is 0 Å². The van der Waals surface area contributed by atoms with E-state index in [1.165, 1.54) is 0 Å². The Kier molecular flexibility index (Phi) is 6.01. The van der Waals surface area contributed by atoms with Crippen molar-refractivity contribution in [3.05, 3.63) is 22.4 Å². The molecule has 0 aliphatic carbocycles. The van der Waals surface area contributed by atoms with Crippen LogP contribution in [0, 0.1) is 0 Å². The van der Waals surface area contributed by atoms with Crippen LogP contribution in [0.2, 0.25) is 0 Å². The van der Waals surface area contributed by atoms with Crippen LogP contribution >= 0.6 is 11.3 Å². The second-order valence-electron chi connectivity index (χ2n) is 4.04. The predicted octanol–water partition coefficient (Wildman–Crippen LogP) is 0.516. The number of carboxylic acid groups (broad SMARTS) is 1. The number of carbonyl (C=O) groups excluding carboxylic acids is 2. The van der Waals surface area contributed by atoms with Crippen molar-refractivity contribution < 1.29 is 19.5 Å². The third-order valence-corrected chi connectivity index (χ3v) is 3.43. The number of hydrogen-bond donors (Lipinski definition) is 3. The summed E-state index contributed by atoms with van der Waals surface area (Å²) in [4.78, 5) is 34.2. The van der Waals surface area contributed by atoms with Crippen molar-refractivity contribution in [2.24, 2.45) is 5.73 Å². The van der Waals surface area contributed by atoms with Gasteiger partial charge in [0.25, 0.3) is 0 Å². The van der Waals surface area contributed by atoms with Crippen molar-refractivity contribution in [2.45, 2.75) is 31.7 Å². The Bertz CT molecular complexity index is 445. The molecular weight excluding hydrogens is 268 g/mol. The maximum Gasteiger partial charge on any atom is 0.326 e. The highest BCUT2D eigenvalue weighted by Crippen LogP contribution is 2.10. The van der Waals surface area contributed by atoms with Gasteiger partial charge in [-0.05, 0) is 24.3 Å². The lowest BCUT2D eigenvalue weighted by Crippen LogP contribution is -2.41. The fourth-order valence-corrected chi connectivity index (χ4v) is 2.21. The molecule has 0 aliphatic rings. The summed E-state index contributed by atoms with van der Waals surface area (Å²) in [5.74, 6) is -2.09. The first-order chi connectivity index (χ1) is 8.99. The number of thiophene rings is 1. The van der Waals surface area contributed by atoms with Crippen LogP contribution in [-0.2, 0) is 20.8 Å². The molecule has 2 amide bonds. The molecule has 0 saturated heterocycles. The maximum atomic E-state index is 11.6. The number of rotatable bonds is 8. The van der Waals surface area contributed by atoms with E-state index in [0.717, 1.165) is 4.88 Å². The lowest BCUT2D eigenvalue weighted by Gasteiger charge is -2.13. The number of nitrogens with one attached hydrogen (secondary N) is 1. The van der Waals surface area contributed by atoms with Gasteiger partial charge in [0.15, 0.2) is 0 Å². The Hall–Kier alpha value is -1.89. The summed E-state index contributed by atoms with van der Waals surface area (Å²) in [6, 6.07) is 2.74. The molecule has 0 unspecified atom stereocenters. The second-order valence-corrected chi connectivity index (χ2v) is 5.07. The van der Waals surface area contributed by atoms with Gasteiger partial charge in [-0.3, -0.25) is 9.59 Å². The first-order valence-corrected chi connectivity index (χ1v) is 6.70. The summed E-state index contributed by atoms with van der Waals surface area (Å²) in [6.45, 7) is 0.